The van der Waals surface area contributed by atoms with Gasteiger partial charge in [-0.1, -0.05) is 13.3 Å². The first-order valence-electron chi connectivity index (χ1n) is 7.33. The summed E-state index contributed by atoms with van der Waals surface area (Å²) < 4.78 is 31.3. The molecule has 0 atom stereocenters. The molecule has 1 aliphatic carbocycles. The van der Waals surface area contributed by atoms with Gasteiger partial charge in [-0.25, -0.2) is 13.6 Å². The van der Waals surface area contributed by atoms with Gasteiger partial charge in [0, 0.05) is 25.9 Å². The van der Waals surface area contributed by atoms with Crippen LogP contribution in [0.2, 0.25) is 0 Å². The Hall–Kier alpha value is -0.870. The summed E-state index contributed by atoms with van der Waals surface area (Å²) in [7, 11) is 0. The van der Waals surface area contributed by atoms with Crippen LogP contribution in [0, 0.1) is 5.92 Å². The van der Waals surface area contributed by atoms with Crippen LogP contribution in [0.5, 0.6) is 0 Å². The highest BCUT2D eigenvalue weighted by Gasteiger charge is 2.37. The Morgan fingerprint density at radius 1 is 1.21 bits per heavy atom. The van der Waals surface area contributed by atoms with E-state index in [1.807, 2.05) is 0 Å². The fourth-order valence-electron chi connectivity index (χ4n) is 2.87. The number of amides is 1. The fourth-order valence-corrected chi connectivity index (χ4v) is 2.87. The third-order valence-electron chi connectivity index (χ3n) is 4.38. The molecule has 0 bridgehead atoms. The molecule has 19 heavy (non-hydrogen) atoms. The quantitative estimate of drug-likeness (QED) is 0.766. The van der Waals surface area contributed by atoms with Gasteiger partial charge >= 0.3 is 6.09 Å². The standard InChI is InChI=1S/C14H23F2NO2/c1-2-11-5-9-17(10-6-11)13(18)19-12-3-7-14(15,16)8-4-12/h11-12H,2-10H2,1H3. The first-order chi connectivity index (χ1) is 9.00. The second-order valence-corrected chi connectivity index (χ2v) is 5.78. The zero-order valence-electron chi connectivity index (χ0n) is 11.5. The molecule has 1 amide bonds. The molecule has 0 spiro atoms. The first-order valence-corrected chi connectivity index (χ1v) is 7.33. The van der Waals surface area contributed by atoms with Crippen molar-refractivity contribution in [2.45, 2.75) is 63.9 Å². The van der Waals surface area contributed by atoms with Crippen molar-refractivity contribution in [1.82, 2.24) is 4.90 Å². The van der Waals surface area contributed by atoms with Crippen molar-refractivity contribution in [1.29, 1.82) is 0 Å². The van der Waals surface area contributed by atoms with E-state index < -0.39 is 5.92 Å². The summed E-state index contributed by atoms with van der Waals surface area (Å²) in [5.74, 6) is -1.86. The molecule has 3 nitrogen and oxygen atoms in total. The van der Waals surface area contributed by atoms with E-state index in [2.05, 4.69) is 6.92 Å². The molecule has 2 aliphatic rings. The summed E-state index contributed by atoms with van der Waals surface area (Å²) in [6.07, 6.45) is 2.80. The van der Waals surface area contributed by atoms with Crippen LogP contribution in [0.25, 0.3) is 0 Å². The average Bonchev–Trinajstić information content (AvgIpc) is 2.41. The van der Waals surface area contributed by atoms with Crippen LogP contribution in [0.15, 0.2) is 0 Å². The summed E-state index contributed by atoms with van der Waals surface area (Å²) in [4.78, 5) is 13.7. The Bertz CT molecular complexity index is 305. The van der Waals surface area contributed by atoms with Crippen molar-refractivity contribution in [2.24, 2.45) is 5.92 Å². The number of rotatable bonds is 2. The average molecular weight is 275 g/mol. The smallest absolute Gasteiger partial charge is 0.410 e. The van der Waals surface area contributed by atoms with Gasteiger partial charge in [0.05, 0.1) is 0 Å². The number of piperidine rings is 1. The number of carbonyl (C=O) groups is 1. The van der Waals surface area contributed by atoms with Gasteiger partial charge in [-0.05, 0) is 31.6 Å². The van der Waals surface area contributed by atoms with E-state index in [4.69, 9.17) is 4.74 Å². The minimum atomic E-state index is -2.57. The third-order valence-corrected chi connectivity index (χ3v) is 4.38. The van der Waals surface area contributed by atoms with Gasteiger partial charge in [0.25, 0.3) is 0 Å². The summed E-state index contributed by atoms with van der Waals surface area (Å²) in [5.41, 5.74) is 0. The number of nitrogens with zero attached hydrogens (tertiary/aromatic N) is 1. The number of hydrogen-bond acceptors (Lipinski definition) is 2. The topological polar surface area (TPSA) is 29.5 Å². The van der Waals surface area contributed by atoms with E-state index in [1.165, 1.54) is 0 Å². The molecule has 110 valence electrons. The lowest BCUT2D eigenvalue weighted by atomic mass is 9.94. The second-order valence-electron chi connectivity index (χ2n) is 5.78. The van der Waals surface area contributed by atoms with Crippen LogP contribution in [0.1, 0.15) is 51.9 Å². The SMILES string of the molecule is CCC1CCN(C(=O)OC2CCC(F)(F)CC2)CC1. The molecule has 2 fully saturated rings. The lowest BCUT2D eigenvalue weighted by molar-refractivity contribution is -0.0695. The maximum Gasteiger partial charge on any atom is 0.410 e. The highest BCUT2D eigenvalue weighted by Crippen LogP contribution is 2.34. The highest BCUT2D eigenvalue weighted by atomic mass is 19.3. The zero-order valence-corrected chi connectivity index (χ0v) is 11.5. The Labute approximate surface area is 113 Å². The number of carbonyl (C=O) groups excluding carboxylic acids is 1. The molecule has 1 aliphatic heterocycles. The Kier molecular flexibility index (Phi) is 4.63. The van der Waals surface area contributed by atoms with Crippen molar-refractivity contribution < 1.29 is 18.3 Å². The van der Waals surface area contributed by atoms with Crippen LogP contribution in [0.4, 0.5) is 13.6 Å². The normalized spacial score (nSPS) is 25.3. The fraction of sp³-hybridized carbons (Fsp3) is 0.929. The van der Waals surface area contributed by atoms with E-state index in [0.29, 0.717) is 5.92 Å². The van der Waals surface area contributed by atoms with Crippen molar-refractivity contribution in [3.63, 3.8) is 0 Å². The van der Waals surface area contributed by atoms with Gasteiger partial charge in [0.2, 0.25) is 5.92 Å². The van der Waals surface area contributed by atoms with Crippen LogP contribution in [0.3, 0.4) is 0 Å². The summed E-state index contributed by atoms with van der Waals surface area (Å²) in [6.45, 7) is 3.64. The monoisotopic (exact) mass is 275 g/mol. The molecule has 0 N–H and O–H groups in total. The number of hydrogen-bond donors (Lipinski definition) is 0. The molecular formula is C14H23F2NO2. The molecule has 1 saturated carbocycles. The van der Waals surface area contributed by atoms with E-state index in [9.17, 15) is 13.6 Å². The largest absolute Gasteiger partial charge is 0.446 e. The molecule has 1 saturated heterocycles. The first kappa shape index (κ1) is 14.5. The Balaban J connectivity index is 1.73. The molecule has 0 aromatic carbocycles. The third kappa shape index (κ3) is 4.05. The highest BCUT2D eigenvalue weighted by molar-refractivity contribution is 5.67. The maximum atomic E-state index is 13.0. The van der Waals surface area contributed by atoms with E-state index >= 15 is 0 Å². The Morgan fingerprint density at radius 3 is 2.32 bits per heavy atom. The van der Waals surface area contributed by atoms with Gasteiger partial charge in [-0.2, -0.15) is 0 Å². The van der Waals surface area contributed by atoms with Gasteiger partial charge in [-0.15, -0.1) is 0 Å². The molecule has 0 aromatic rings. The van der Waals surface area contributed by atoms with Crippen LogP contribution < -0.4 is 0 Å². The Morgan fingerprint density at radius 2 is 1.79 bits per heavy atom. The van der Waals surface area contributed by atoms with Gasteiger partial charge < -0.3 is 9.64 Å². The van der Waals surface area contributed by atoms with Gasteiger partial charge in [-0.3, -0.25) is 0 Å². The summed E-state index contributed by atoms with van der Waals surface area (Å²) >= 11 is 0. The summed E-state index contributed by atoms with van der Waals surface area (Å²) in [5, 5.41) is 0. The van der Waals surface area contributed by atoms with Crippen molar-refractivity contribution in [3.8, 4) is 0 Å². The van der Waals surface area contributed by atoms with E-state index in [0.717, 1.165) is 32.4 Å². The number of alkyl halides is 2. The summed E-state index contributed by atoms with van der Waals surface area (Å²) in [6, 6.07) is 0. The van der Waals surface area contributed by atoms with Crippen molar-refractivity contribution >= 4 is 6.09 Å². The van der Waals surface area contributed by atoms with Crippen LogP contribution in [-0.4, -0.2) is 36.1 Å². The minimum Gasteiger partial charge on any atom is -0.446 e. The predicted octanol–water partition coefficient (Wildman–Crippen LogP) is 3.82. The molecule has 2 rings (SSSR count). The van der Waals surface area contributed by atoms with E-state index in [1.54, 1.807) is 4.90 Å². The molecular weight excluding hydrogens is 252 g/mol. The lowest BCUT2D eigenvalue weighted by Gasteiger charge is -2.33. The van der Waals surface area contributed by atoms with Gasteiger partial charge in [0.1, 0.15) is 6.10 Å². The molecule has 1 heterocycles. The van der Waals surface area contributed by atoms with Crippen molar-refractivity contribution in [2.75, 3.05) is 13.1 Å². The zero-order chi connectivity index (χ0) is 13.9. The molecule has 0 unspecified atom stereocenters. The maximum absolute atomic E-state index is 13.0. The van der Waals surface area contributed by atoms with Crippen molar-refractivity contribution in [3.05, 3.63) is 0 Å². The van der Waals surface area contributed by atoms with E-state index in [-0.39, 0.29) is 37.9 Å². The predicted molar refractivity (Wildman–Crippen MR) is 68.3 cm³/mol. The number of likely N-dealkylation sites (tertiary alicyclic amines) is 1. The number of halogens is 2. The second kappa shape index (κ2) is 6.06. The van der Waals surface area contributed by atoms with Crippen LogP contribution in [-0.2, 0) is 4.74 Å². The molecule has 0 aromatic heterocycles. The number of ether oxygens (including phenoxy) is 1. The molecule has 5 heteroatoms. The minimum absolute atomic E-state index is 0.164. The molecule has 0 radical (unpaired) electrons. The van der Waals surface area contributed by atoms with Gasteiger partial charge in [0.15, 0.2) is 0 Å². The van der Waals surface area contributed by atoms with Crippen LogP contribution >= 0.6 is 0 Å². The lowest BCUT2D eigenvalue weighted by Crippen LogP contribution is -2.41.